The Morgan fingerprint density at radius 1 is 1.09 bits per heavy atom. The van der Waals surface area contributed by atoms with Gasteiger partial charge in [-0.05, 0) is 53.4 Å². The summed E-state index contributed by atoms with van der Waals surface area (Å²) in [6.45, 7) is 11.0. The van der Waals surface area contributed by atoms with Crippen molar-refractivity contribution in [2.24, 2.45) is 10.8 Å². The van der Waals surface area contributed by atoms with Crippen molar-refractivity contribution in [3.63, 3.8) is 0 Å². The lowest BCUT2D eigenvalue weighted by molar-refractivity contribution is 0.0713. The SMILES string of the molecule is CC1(C)CC(NC(=O)c2ccc3c(c2)CNC3)CC(C)(C)C1.Cl. The molecule has 23 heavy (non-hydrogen) atoms. The molecule has 3 rings (SSSR count). The average molecular weight is 337 g/mol. The molecule has 0 spiro atoms. The Bertz CT molecular complexity index is 579. The molecule has 4 heteroatoms. The topological polar surface area (TPSA) is 41.1 Å². The van der Waals surface area contributed by atoms with Crippen molar-refractivity contribution in [3.05, 3.63) is 34.9 Å². The molecule has 0 unspecified atom stereocenters. The third kappa shape index (κ3) is 4.27. The molecule has 1 saturated carbocycles. The number of hydrogen-bond acceptors (Lipinski definition) is 2. The zero-order chi connectivity index (χ0) is 16.0. The Morgan fingerprint density at radius 3 is 2.35 bits per heavy atom. The van der Waals surface area contributed by atoms with Crippen LogP contribution in [-0.4, -0.2) is 11.9 Å². The second-order valence-corrected chi connectivity index (χ2v) is 8.67. The van der Waals surface area contributed by atoms with Gasteiger partial charge in [-0.15, -0.1) is 12.4 Å². The second kappa shape index (κ2) is 6.45. The number of halogens is 1. The predicted octanol–water partition coefficient (Wildman–Crippen LogP) is 4.05. The highest BCUT2D eigenvalue weighted by Crippen LogP contribution is 2.45. The molecule has 0 atom stereocenters. The Labute approximate surface area is 146 Å². The first-order chi connectivity index (χ1) is 10.2. The van der Waals surface area contributed by atoms with E-state index in [9.17, 15) is 4.79 Å². The molecule has 1 aliphatic carbocycles. The molecule has 128 valence electrons. The van der Waals surface area contributed by atoms with Crippen LogP contribution >= 0.6 is 12.4 Å². The number of carbonyl (C=O) groups excluding carboxylic acids is 1. The minimum Gasteiger partial charge on any atom is -0.349 e. The fourth-order valence-corrected chi connectivity index (χ4v) is 4.65. The molecule has 1 aromatic carbocycles. The van der Waals surface area contributed by atoms with Crippen molar-refractivity contribution >= 4 is 18.3 Å². The second-order valence-electron chi connectivity index (χ2n) is 8.67. The van der Waals surface area contributed by atoms with E-state index in [-0.39, 0.29) is 24.4 Å². The van der Waals surface area contributed by atoms with Crippen LogP contribution in [0.1, 0.15) is 68.4 Å². The third-order valence-corrected chi connectivity index (χ3v) is 4.99. The minimum atomic E-state index is 0. The number of rotatable bonds is 2. The summed E-state index contributed by atoms with van der Waals surface area (Å²) in [6, 6.07) is 6.36. The van der Waals surface area contributed by atoms with Crippen molar-refractivity contribution in [1.29, 1.82) is 0 Å². The summed E-state index contributed by atoms with van der Waals surface area (Å²) in [5.74, 6) is 0.0770. The zero-order valence-corrected chi connectivity index (χ0v) is 15.5. The molecule has 0 aromatic heterocycles. The summed E-state index contributed by atoms with van der Waals surface area (Å²) in [7, 11) is 0. The van der Waals surface area contributed by atoms with Crippen molar-refractivity contribution < 1.29 is 4.79 Å². The van der Waals surface area contributed by atoms with Crippen LogP contribution in [0.15, 0.2) is 18.2 Å². The predicted molar refractivity (Wildman–Crippen MR) is 96.9 cm³/mol. The summed E-state index contributed by atoms with van der Waals surface area (Å²) in [4.78, 5) is 12.6. The maximum Gasteiger partial charge on any atom is 0.251 e. The summed E-state index contributed by atoms with van der Waals surface area (Å²) < 4.78 is 0. The fraction of sp³-hybridized carbons (Fsp3) is 0.632. The Morgan fingerprint density at radius 2 is 1.70 bits per heavy atom. The van der Waals surface area contributed by atoms with Crippen molar-refractivity contribution in [2.45, 2.75) is 66.1 Å². The third-order valence-electron chi connectivity index (χ3n) is 4.99. The smallest absolute Gasteiger partial charge is 0.251 e. The number of amides is 1. The highest BCUT2D eigenvalue weighted by Gasteiger charge is 2.38. The molecule has 1 heterocycles. The van der Waals surface area contributed by atoms with Gasteiger partial charge in [0.2, 0.25) is 0 Å². The minimum absolute atomic E-state index is 0. The van der Waals surface area contributed by atoms with Gasteiger partial charge in [0.25, 0.3) is 5.91 Å². The van der Waals surface area contributed by atoms with Crippen LogP contribution in [0.3, 0.4) is 0 Å². The average Bonchev–Trinajstić information content (AvgIpc) is 2.81. The first-order valence-electron chi connectivity index (χ1n) is 8.38. The van der Waals surface area contributed by atoms with Crippen molar-refractivity contribution in [3.8, 4) is 0 Å². The van der Waals surface area contributed by atoms with E-state index in [0.29, 0.717) is 10.8 Å². The molecule has 1 amide bonds. The standard InChI is InChI=1S/C19H28N2O.ClH/c1-18(2)8-16(9-19(3,4)12-18)21-17(22)13-5-6-14-10-20-11-15(14)7-13;/h5-7,16,20H,8-12H2,1-4H3,(H,21,22);1H. The summed E-state index contributed by atoms with van der Waals surface area (Å²) >= 11 is 0. The van der Waals surface area contributed by atoms with Crippen LogP contribution in [0.5, 0.6) is 0 Å². The maximum atomic E-state index is 12.6. The van der Waals surface area contributed by atoms with Crippen LogP contribution in [0.4, 0.5) is 0 Å². The van der Waals surface area contributed by atoms with Gasteiger partial charge in [-0.2, -0.15) is 0 Å². The van der Waals surface area contributed by atoms with Crippen LogP contribution in [0, 0.1) is 10.8 Å². The number of benzene rings is 1. The van der Waals surface area contributed by atoms with Crippen LogP contribution < -0.4 is 10.6 Å². The van der Waals surface area contributed by atoms with Gasteiger partial charge in [-0.3, -0.25) is 4.79 Å². The Kier molecular flexibility index (Phi) is 5.12. The van der Waals surface area contributed by atoms with Crippen molar-refractivity contribution in [2.75, 3.05) is 0 Å². The van der Waals surface area contributed by atoms with E-state index in [1.54, 1.807) is 0 Å². The molecule has 0 bridgehead atoms. The van der Waals surface area contributed by atoms with E-state index in [2.05, 4.69) is 44.4 Å². The van der Waals surface area contributed by atoms with Crippen LogP contribution in [0.25, 0.3) is 0 Å². The highest BCUT2D eigenvalue weighted by molar-refractivity contribution is 5.94. The van der Waals surface area contributed by atoms with E-state index >= 15 is 0 Å². The molecule has 2 N–H and O–H groups in total. The summed E-state index contributed by atoms with van der Waals surface area (Å²) in [5, 5.41) is 6.60. The van der Waals surface area contributed by atoms with E-state index in [1.807, 2.05) is 12.1 Å². The number of fused-ring (bicyclic) bond motifs is 1. The number of carbonyl (C=O) groups is 1. The van der Waals surface area contributed by atoms with Gasteiger partial charge in [0.15, 0.2) is 0 Å². The first kappa shape index (κ1) is 18.3. The Balaban J connectivity index is 0.00000192. The molecule has 2 aliphatic rings. The monoisotopic (exact) mass is 336 g/mol. The van der Waals surface area contributed by atoms with Gasteiger partial charge < -0.3 is 10.6 Å². The molecule has 1 fully saturated rings. The largest absolute Gasteiger partial charge is 0.349 e. The summed E-state index contributed by atoms with van der Waals surface area (Å²) in [6.07, 6.45) is 3.35. The van der Waals surface area contributed by atoms with Gasteiger partial charge in [-0.25, -0.2) is 0 Å². The molecular weight excluding hydrogens is 308 g/mol. The molecule has 1 aliphatic heterocycles. The molecular formula is C19H29ClN2O. The van der Waals surface area contributed by atoms with Gasteiger partial charge in [0.05, 0.1) is 0 Å². The molecule has 0 radical (unpaired) electrons. The molecule has 3 nitrogen and oxygen atoms in total. The van der Waals surface area contributed by atoms with E-state index in [1.165, 1.54) is 17.5 Å². The first-order valence-corrected chi connectivity index (χ1v) is 8.38. The molecule has 1 aromatic rings. The lowest BCUT2D eigenvalue weighted by Crippen LogP contribution is -2.46. The van der Waals surface area contributed by atoms with E-state index in [4.69, 9.17) is 0 Å². The van der Waals surface area contributed by atoms with Gasteiger partial charge in [0.1, 0.15) is 0 Å². The van der Waals surface area contributed by atoms with E-state index < -0.39 is 0 Å². The summed E-state index contributed by atoms with van der Waals surface area (Å²) in [5.41, 5.74) is 3.96. The maximum absolute atomic E-state index is 12.6. The lowest BCUT2D eigenvalue weighted by atomic mass is 9.63. The normalized spacial score (nSPS) is 22.1. The molecule has 0 saturated heterocycles. The van der Waals surface area contributed by atoms with Gasteiger partial charge >= 0.3 is 0 Å². The van der Waals surface area contributed by atoms with Gasteiger partial charge in [-0.1, -0.05) is 33.8 Å². The van der Waals surface area contributed by atoms with Crippen molar-refractivity contribution in [1.82, 2.24) is 10.6 Å². The van der Waals surface area contributed by atoms with Crippen LogP contribution in [-0.2, 0) is 13.1 Å². The van der Waals surface area contributed by atoms with E-state index in [0.717, 1.165) is 31.5 Å². The quantitative estimate of drug-likeness (QED) is 0.855. The lowest BCUT2D eigenvalue weighted by Gasteiger charge is -2.45. The fourth-order valence-electron chi connectivity index (χ4n) is 4.65. The highest BCUT2D eigenvalue weighted by atomic mass is 35.5. The zero-order valence-electron chi connectivity index (χ0n) is 14.7. The number of hydrogen-bond donors (Lipinski definition) is 2. The Hall–Kier alpha value is -1.06. The van der Waals surface area contributed by atoms with Gasteiger partial charge in [0, 0.05) is 24.7 Å². The van der Waals surface area contributed by atoms with Crippen LogP contribution in [0.2, 0.25) is 0 Å². The number of nitrogens with one attached hydrogen (secondary N) is 2.